The fourth-order valence-electron chi connectivity index (χ4n) is 4.10. The van der Waals surface area contributed by atoms with Crippen molar-refractivity contribution < 1.29 is 35.9 Å². The predicted octanol–water partition coefficient (Wildman–Crippen LogP) is 1.53. The van der Waals surface area contributed by atoms with Gasteiger partial charge in [0.25, 0.3) is 15.9 Å². The fourth-order valence-corrected chi connectivity index (χ4v) is 7.94. The van der Waals surface area contributed by atoms with Gasteiger partial charge in [-0.1, -0.05) is 0 Å². The van der Waals surface area contributed by atoms with Crippen LogP contribution in [0.5, 0.6) is 5.75 Å². The van der Waals surface area contributed by atoms with Gasteiger partial charge in [-0.2, -0.15) is 13.9 Å². The van der Waals surface area contributed by atoms with Crippen molar-refractivity contribution in [3.63, 3.8) is 0 Å². The van der Waals surface area contributed by atoms with Crippen LogP contribution in [0.4, 0.5) is 0 Å². The third-order valence-electron chi connectivity index (χ3n) is 6.08. The Hall–Kier alpha value is -2.58. The highest BCUT2D eigenvalue weighted by Gasteiger charge is 2.43. The molecule has 3 heterocycles. The maximum atomic E-state index is 13.7. The van der Waals surface area contributed by atoms with Crippen LogP contribution in [0, 0.1) is 11.3 Å². The third-order valence-corrected chi connectivity index (χ3v) is 10.9. The summed E-state index contributed by atoms with van der Waals surface area (Å²) in [6.45, 7) is -0.229. The molecule has 0 spiro atoms. The molecule has 2 unspecified atom stereocenters. The van der Waals surface area contributed by atoms with Crippen LogP contribution in [0.25, 0.3) is 10.4 Å². The van der Waals surface area contributed by atoms with E-state index in [9.17, 15) is 21.6 Å². The highest BCUT2D eigenvalue weighted by Crippen LogP contribution is 2.34. The quantitative estimate of drug-likeness (QED) is 0.432. The number of hydroxylamine groups is 1. The number of carbonyl (C=O) groups is 1. The molecule has 2 aromatic rings. The molecule has 15 heteroatoms. The number of amides is 1. The molecule has 4 rings (SSSR count). The van der Waals surface area contributed by atoms with E-state index in [-0.39, 0.29) is 30.5 Å². The predicted molar refractivity (Wildman–Crippen MR) is 138 cm³/mol. The lowest BCUT2D eigenvalue weighted by atomic mass is 10.2. The minimum Gasteiger partial charge on any atom is -0.479 e. The maximum Gasteiger partial charge on any atom is 0.263 e. The molecule has 1 amide bonds. The lowest BCUT2D eigenvalue weighted by Crippen LogP contribution is -2.61. The summed E-state index contributed by atoms with van der Waals surface area (Å²) in [7, 11) is -7.82. The molecule has 0 radical (unpaired) electrons. The van der Waals surface area contributed by atoms with Crippen molar-refractivity contribution in [1.29, 1.82) is 5.26 Å². The largest absolute Gasteiger partial charge is 0.479 e. The molecule has 0 saturated carbocycles. The monoisotopic (exact) mass is 584 g/mol. The van der Waals surface area contributed by atoms with Gasteiger partial charge in [-0.3, -0.25) is 4.79 Å². The van der Waals surface area contributed by atoms with Crippen molar-refractivity contribution in [3.8, 4) is 22.3 Å². The summed E-state index contributed by atoms with van der Waals surface area (Å²) in [4.78, 5) is 19.1. The molecule has 12 nitrogen and oxygen atoms in total. The van der Waals surface area contributed by atoms with E-state index in [1.54, 1.807) is 30.3 Å². The number of nitriles is 1. The van der Waals surface area contributed by atoms with Crippen LogP contribution in [0.2, 0.25) is 0 Å². The molecule has 2 aliphatic rings. The Kier molecular flexibility index (Phi) is 9.04. The highest BCUT2D eigenvalue weighted by atomic mass is 32.2. The number of ether oxygens (including phenoxy) is 2. The number of piperazine rings is 1. The zero-order valence-corrected chi connectivity index (χ0v) is 23.1. The van der Waals surface area contributed by atoms with E-state index >= 15 is 0 Å². The van der Waals surface area contributed by atoms with Crippen LogP contribution in [0.15, 0.2) is 40.6 Å². The molecule has 2 saturated heterocycles. The Labute approximate surface area is 225 Å². The summed E-state index contributed by atoms with van der Waals surface area (Å²) in [6.07, 6.45) is 2.69. The van der Waals surface area contributed by atoms with Gasteiger partial charge in [0.15, 0.2) is 12.9 Å². The molecule has 2 aliphatic heterocycles. The smallest absolute Gasteiger partial charge is 0.263 e. The van der Waals surface area contributed by atoms with Crippen molar-refractivity contribution in [2.75, 3.05) is 39.1 Å². The maximum absolute atomic E-state index is 13.7. The number of nitrogens with zero attached hydrogens (tertiary/aromatic N) is 3. The Morgan fingerprint density at radius 3 is 2.58 bits per heavy atom. The first-order chi connectivity index (χ1) is 18.1. The zero-order valence-electron chi connectivity index (χ0n) is 20.6. The minimum atomic E-state index is -4.15. The average Bonchev–Trinajstić information content (AvgIpc) is 3.42. The highest BCUT2D eigenvalue weighted by molar-refractivity contribution is 7.91. The third kappa shape index (κ3) is 6.70. The van der Waals surface area contributed by atoms with Crippen LogP contribution in [0.3, 0.4) is 0 Å². The van der Waals surface area contributed by atoms with Crippen LogP contribution >= 0.6 is 11.3 Å². The molecule has 38 heavy (non-hydrogen) atoms. The second kappa shape index (κ2) is 12.1. The molecular weight excluding hydrogens is 556 g/mol. The molecule has 206 valence electrons. The summed E-state index contributed by atoms with van der Waals surface area (Å²) in [5.41, 5.74) is 3.03. The number of hydrogen-bond donors (Lipinski definition) is 1. The van der Waals surface area contributed by atoms with Crippen molar-refractivity contribution >= 4 is 37.3 Å². The number of sulfonamides is 2. The number of rotatable bonds is 9. The first-order valence-corrected chi connectivity index (χ1v) is 15.9. The molecular formula is C23H28N4O8S3. The topological polar surface area (TPSA) is 155 Å². The van der Waals surface area contributed by atoms with E-state index in [1.165, 1.54) is 6.07 Å². The van der Waals surface area contributed by atoms with Gasteiger partial charge in [-0.05, 0) is 54.8 Å². The van der Waals surface area contributed by atoms with Gasteiger partial charge >= 0.3 is 0 Å². The van der Waals surface area contributed by atoms with E-state index in [1.807, 2.05) is 6.07 Å². The number of nitrogens with one attached hydrogen (secondary N) is 1. The van der Waals surface area contributed by atoms with Crippen molar-refractivity contribution in [1.82, 2.24) is 14.1 Å². The van der Waals surface area contributed by atoms with Gasteiger partial charge in [-0.25, -0.2) is 27.2 Å². The first-order valence-electron chi connectivity index (χ1n) is 11.8. The Morgan fingerprint density at radius 2 is 1.92 bits per heavy atom. The average molecular weight is 585 g/mol. The molecule has 0 aliphatic carbocycles. The van der Waals surface area contributed by atoms with Crippen LogP contribution < -0.4 is 10.2 Å². The standard InChI is InChI=1S/C23H28N4O8S3/c1-37(29,30)26-12-13-27(19(16-26)23(28)25-35-21-4-2-3-14-34-21)38(31,32)22-10-9-20(36-22)17-5-7-18(8-6-17)33-15-11-24/h5-10,19,21H,2-4,12-16H2,1H3,(H,25,28). The minimum absolute atomic E-state index is 0.0134. The fraction of sp³-hybridized carbons (Fsp3) is 0.478. The Bertz CT molecular complexity index is 1380. The van der Waals surface area contributed by atoms with Gasteiger partial charge in [0.05, 0.1) is 6.26 Å². The summed E-state index contributed by atoms with van der Waals surface area (Å²) in [5, 5.41) is 8.64. The lowest BCUT2D eigenvalue weighted by Gasteiger charge is -2.38. The SMILES string of the molecule is CS(=O)(=O)N1CCN(S(=O)(=O)c2ccc(-c3ccc(OCC#N)cc3)s2)C(C(=O)NOC2CCCCO2)C1. The molecule has 2 atom stereocenters. The second-order valence-electron chi connectivity index (χ2n) is 8.72. The van der Waals surface area contributed by atoms with E-state index in [0.29, 0.717) is 23.7 Å². The number of hydrogen-bond acceptors (Lipinski definition) is 10. The summed E-state index contributed by atoms with van der Waals surface area (Å²) < 4.78 is 64.5. The van der Waals surface area contributed by atoms with Crippen LogP contribution in [-0.2, 0) is 34.4 Å². The van der Waals surface area contributed by atoms with Gasteiger partial charge in [0, 0.05) is 37.5 Å². The Morgan fingerprint density at radius 1 is 1.16 bits per heavy atom. The zero-order chi connectivity index (χ0) is 27.3. The van der Waals surface area contributed by atoms with E-state index < -0.39 is 38.3 Å². The number of thiophene rings is 1. The number of carbonyl (C=O) groups excluding carboxylic acids is 1. The molecule has 1 aromatic heterocycles. The molecule has 1 aromatic carbocycles. The van der Waals surface area contributed by atoms with Crippen molar-refractivity contribution in [3.05, 3.63) is 36.4 Å². The van der Waals surface area contributed by atoms with E-state index in [0.717, 1.165) is 44.6 Å². The van der Waals surface area contributed by atoms with Crippen LogP contribution in [0.1, 0.15) is 19.3 Å². The summed E-state index contributed by atoms with van der Waals surface area (Å²) in [5.74, 6) is -0.265. The Balaban J connectivity index is 1.54. The normalized spacial score (nSPS) is 21.5. The van der Waals surface area contributed by atoms with Gasteiger partial charge in [0.1, 0.15) is 22.1 Å². The number of benzene rings is 1. The first kappa shape index (κ1) is 28.4. The summed E-state index contributed by atoms with van der Waals surface area (Å²) >= 11 is 1.03. The van der Waals surface area contributed by atoms with Crippen molar-refractivity contribution in [2.24, 2.45) is 0 Å². The van der Waals surface area contributed by atoms with E-state index in [4.69, 9.17) is 19.6 Å². The van der Waals surface area contributed by atoms with Gasteiger partial charge < -0.3 is 9.47 Å². The molecule has 0 bridgehead atoms. The molecule has 1 N–H and O–H groups in total. The second-order valence-corrected chi connectivity index (χ2v) is 13.9. The van der Waals surface area contributed by atoms with Crippen molar-refractivity contribution in [2.45, 2.75) is 35.8 Å². The van der Waals surface area contributed by atoms with E-state index in [2.05, 4.69) is 5.48 Å². The lowest BCUT2D eigenvalue weighted by molar-refractivity contribution is -0.202. The van der Waals surface area contributed by atoms with Gasteiger partial charge in [0.2, 0.25) is 10.0 Å². The summed E-state index contributed by atoms with van der Waals surface area (Å²) in [6, 6.07) is 10.5. The van der Waals surface area contributed by atoms with Crippen LogP contribution in [-0.4, -0.2) is 82.8 Å². The molecule has 2 fully saturated rings. The van der Waals surface area contributed by atoms with Gasteiger partial charge in [-0.15, -0.1) is 11.3 Å².